The topological polar surface area (TPSA) is 70.3 Å². The van der Waals surface area contributed by atoms with Crippen LogP contribution in [0.25, 0.3) is 5.69 Å². The van der Waals surface area contributed by atoms with Crippen LogP contribution in [-0.2, 0) is 0 Å². The Balaban J connectivity index is 1.51. The van der Waals surface area contributed by atoms with E-state index in [4.69, 9.17) is 21.1 Å². The first kappa shape index (κ1) is 22.0. The first-order valence-corrected chi connectivity index (χ1v) is 11.1. The number of halogens is 2. The smallest absolute Gasteiger partial charge is 0.274 e. The molecule has 1 atom stereocenters. The normalized spacial score (nSPS) is 14.9. The number of nitrogens with one attached hydrogen (secondary N) is 1. The Labute approximate surface area is 200 Å². The standard InChI is InChI=1S/C25H22ClFN4O3/c1-15-12-30(14-28-15)22-5-4-18(11-24(22)33-2)29-20-9-16(26)13-31(25(20)32)21-7-8-34-23-6-3-17(27)10-19(21)23/h3-6,9-14,21,29H,7-8H2,1-2H3. The average Bonchev–Trinajstić information content (AvgIpc) is 3.26. The van der Waals surface area contributed by atoms with Gasteiger partial charge in [-0.2, -0.15) is 0 Å². The summed E-state index contributed by atoms with van der Waals surface area (Å²) in [4.78, 5) is 17.7. The van der Waals surface area contributed by atoms with Crippen molar-refractivity contribution in [2.45, 2.75) is 19.4 Å². The number of aryl methyl sites for hydroxylation is 1. The summed E-state index contributed by atoms with van der Waals surface area (Å²) in [6.07, 6.45) is 5.70. The number of aromatic nitrogens is 3. The number of imidazole rings is 1. The molecule has 1 N–H and O–H groups in total. The van der Waals surface area contributed by atoms with Gasteiger partial charge in [0.15, 0.2) is 0 Å². The molecular weight excluding hydrogens is 459 g/mol. The van der Waals surface area contributed by atoms with E-state index in [9.17, 15) is 9.18 Å². The molecule has 0 radical (unpaired) electrons. The third-order valence-electron chi connectivity index (χ3n) is 5.77. The molecule has 0 saturated carbocycles. The summed E-state index contributed by atoms with van der Waals surface area (Å²) in [7, 11) is 1.58. The van der Waals surface area contributed by atoms with Crippen molar-refractivity contribution in [2.75, 3.05) is 19.0 Å². The molecule has 1 unspecified atom stereocenters. The third kappa shape index (κ3) is 4.12. The molecule has 0 saturated heterocycles. The van der Waals surface area contributed by atoms with Crippen molar-refractivity contribution in [3.05, 3.63) is 93.6 Å². The third-order valence-corrected chi connectivity index (χ3v) is 5.98. The van der Waals surface area contributed by atoms with E-state index in [1.165, 1.54) is 16.7 Å². The zero-order chi connectivity index (χ0) is 23.8. The molecule has 1 aliphatic heterocycles. The molecule has 0 fully saturated rings. The minimum Gasteiger partial charge on any atom is -0.494 e. The molecule has 2 aromatic heterocycles. The van der Waals surface area contributed by atoms with E-state index >= 15 is 0 Å². The number of hydrogen-bond acceptors (Lipinski definition) is 5. The molecule has 0 aliphatic carbocycles. The lowest BCUT2D eigenvalue weighted by molar-refractivity contribution is 0.254. The second kappa shape index (κ2) is 8.87. The van der Waals surface area contributed by atoms with Gasteiger partial charge < -0.3 is 23.9 Å². The number of rotatable bonds is 5. The van der Waals surface area contributed by atoms with Gasteiger partial charge in [-0.1, -0.05) is 11.6 Å². The Kier molecular flexibility index (Phi) is 5.75. The lowest BCUT2D eigenvalue weighted by Gasteiger charge is -2.28. The first-order chi connectivity index (χ1) is 16.4. The van der Waals surface area contributed by atoms with Crippen molar-refractivity contribution in [2.24, 2.45) is 0 Å². The summed E-state index contributed by atoms with van der Waals surface area (Å²) < 4.78 is 28.6. The lowest BCUT2D eigenvalue weighted by atomic mass is 10.00. The number of hydrogen-bond donors (Lipinski definition) is 1. The summed E-state index contributed by atoms with van der Waals surface area (Å²) in [6, 6.07) is 11.0. The van der Waals surface area contributed by atoms with Crippen LogP contribution in [0, 0.1) is 12.7 Å². The molecule has 1 aliphatic rings. The fourth-order valence-electron chi connectivity index (χ4n) is 4.20. The quantitative estimate of drug-likeness (QED) is 0.422. The number of fused-ring (bicyclic) bond motifs is 1. The summed E-state index contributed by atoms with van der Waals surface area (Å²) >= 11 is 6.39. The highest BCUT2D eigenvalue weighted by atomic mass is 35.5. The van der Waals surface area contributed by atoms with E-state index in [1.54, 1.807) is 37.8 Å². The van der Waals surface area contributed by atoms with Crippen LogP contribution in [-0.4, -0.2) is 27.8 Å². The molecule has 2 aromatic carbocycles. The Morgan fingerprint density at radius 1 is 1.21 bits per heavy atom. The molecule has 3 heterocycles. The molecule has 4 aromatic rings. The van der Waals surface area contributed by atoms with E-state index in [0.29, 0.717) is 46.5 Å². The molecule has 174 valence electrons. The number of pyridine rings is 1. The second-order valence-electron chi connectivity index (χ2n) is 8.05. The Bertz CT molecular complexity index is 1430. The number of nitrogens with zero attached hydrogens (tertiary/aromatic N) is 3. The van der Waals surface area contributed by atoms with E-state index in [1.807, 2.05) is 29.8 Å². The highest BCUT2D eigenvalue weighted by Gasteiger charge is 2.25. The molecular formula is C25H22ClFN4O3. The van der Waals surface area contributed by atoms with Crippen LogP contribution in [0.15, 0.2) is 66.0 Å². The molecule has 5 rings (SSSR count). The Morgan fingerprint density at radius 2 is 2.06 bits per heavy atom. The lowest BCUT2D eigenvalue weighted by Crippen LogP contribution is -2.30. The summed E-state index contributed by atoms with van der Waals surface area (Å²) in [5, 5.41) is 3.54. The Hall–Kier alpha value is -3.78. The van der Waals surface area contributed by atoms with Crippen LogP contribution in [0.4, 0.5) is 15.8 Å². The average molecular weight is 481 g/mol. The maximum atomic E-state index is 14.0. The van der Waals surface area contributed by atoms with Crippen LogP contribution in [0.2, 0.25) is 5.02 Å². The van der Waals surface area contributed by atoms with E-state index in [0.717, 1.165) is 11.4 Å². The number of ether oxygens (including phenoxy) is 2. The monoisotopic (exact) mass is 480 g/mol. The van der Waals surface area contributed by atoms with Gasteiger partial charge in [-0.3, -0.25) is 4.79 Å². The molecule has 9 heteroatoms. The minimum atomic E-state index is -0.396. The van der Waals surface area contributed by atoms with E-state index in [-0.39, 0.29) is 11.4 Å². The van der Waals surface area contributed by atoms with Crippen LogP contribution in [0.5, 0.6) is 11.5 Å². The van der Waals surface area contributed by atoms with Crippen LogP contribution in [0.3, 0.4) is 0 Å². The van der Waals surface area contributed by atoms with Crippen LogP contribution in [0.1, 0.15) is 23.7 Å². The maximum absolute atomic E-state index is 14.0. The summed E-state index contributed by atoms with van der Waals surface area (Å²) in [5.74, 6) is 0.788. The predicted molar refractivity (Wildman–Crippen MR) is 128 cm³/mol. The molecule has 7 nitrogen and oxygen atoms in total. The van der Waals surface area contributed by atoms with Gasteiger partial charge in [-0.15, -0.1) is 0 Å². The van der Waals surface area contributed by atoms with Gasteiger partial charge in [0.25, 0.3) is 5.56 Å². The van der Waals surface area contributed by atoms with Crippen molar-refractivity contribution in [3.63, 3.8) is 0 Å². The first-order valence-electron chi connectivity index (χ1n) is 10.7. The molecule has 0 bridgehead atoms. The van der Waals surface area contributed by atoms with Crippen molar-refractivity contribution in [1.29, 1.82) is 0 Å². The van der Waals surface area contributed by atoms with Gasteiger partial charge in [0, 0.05) is 36.1 Å². The highest BCUT2D eigenvalue weighted by Crippen LogP contribution is 2.35. The van der Waals surface area contributed by atoms with Crippen molar-refractivity contribution in [3.8, 4) is 17.2 Å². The largest absolute Gasteiger partial charge is 0.494 e. The summed E-state index contributed by atoms with van der Waals surface area (Å²) in [5.41, 5.74) is 2.99. The van der Waals surface area contributed by atoms with Gasteiger partial charge >= 0.3 is 0 Å². The fourth-order valence-corrected chi connectivity index (χ4v) is 4.42. The van der Waals surface area contributed by atoms with Crippen LogP contribution < -0.4 is 20.3 Å². The molecule has 0 spiro atoms. The van der Waals surface area contributed by atoms with Gasteiger partial charge in [-0.25, -0.2) is 9.37 Å². The summed E-state index contributed by atoms with van der Waals surface area (Å²) in [6.45, 7) is 2.33. The SMILES string of the molecule is COc1cc(Nc2cc(Cl)cn(C3CCOc4ccc(F)cc43)c2=O)ccc1-n1cnc(C)c1. The van der Waals surface area contributed by atoms with Gasteiger partial charge in [-0.05, 0) is 43.3 Å². The fraction of sp³-hybridized carbons (Fsp3) is 0.200. The van der Waals surface area contributed by atoms with E-state index in [2.05, 4.69) is 10.3 Å². The zero-order valence-electron chi connectivity index (χ0n) is 18.6. The predicted octanol–water partition coefficient (Wildman–Crippen LogP) is 5.26. The number of benzene rings is 2. The number of anilines is 2. The highest BCUT2D eigenvalue weighted by molar-refractivity contribution is 6.30. The van der Waals surface area contributed by atoms with Gasteiger partial charge in [0.2, 0.25) is 0 Å². The number of methoxy groups -OCH3 is 1. The zero-order valence-corrected chi connectivity index (χ0v) is 19.3. The van der Waals surface area contributed by atoms with Gasteiger partial charge in [0.1, 0.15) is 23.0 Å². The van der Waals surface area contributed by atoms with E-state index < -0.39 is 6.04 Å². The second-order valence-corrected chi connectivity index (χ2v) is 8.49. The molecule has 34 heavy (non-hydrogen) atoms. The van der Waals surface area contributed by atoms with Crippen molar-refractivity contribution >= 4 is 23.0 Å². The maximum Gasteiger partial charge on any atom is 0.274 e. The minimum absolute atomic E-state index is 0.278. The molecule has 0 amide bonds. The van der Waals surface area contributed by atoms with Crippen molar-refractivity contribution < 1.29 is 13.9 Å². The van der Waals surface area contributed by atoms with Gasteiger partial charge in [0.05, 0.1) is 42.5 Å². The van der Waals surface area contributed by atoms with Crippen molar-refractivity contribution in [1.82, 2.24) is 14.1 Å². The Morgan fingerprint density at radius 3 is 2.82 bits per heavy atom. The van der Waals surface area contributed by atoms with Crippen LogP contribution >= 0.6 is 11.6 Å².